The first-order valence-corrected chi connectivity index (χ1v) is 3.69. The third kappa shape index (κ3) is 24.8. The molecule has 0 saturated carbocycles. The molecule has 0 atom stereocenters. The number of hydrogen-bond acceptors (Lipinski definition) is 3. The van der Waals surface area contributed by atoms with Crippen molar-refractivity contribution in [3.05, 3.63) is 0 Å². The summed E-state index contributed by atoms with van der Waals surface area (Å²) < 4.78 is 0. The molecule has 0 bridgehead atoms. The number of rotatable bonds is 3. The highest BCUT2D eigenvalue weighted by atomic mass is 16.7. The highest BCUT2D eigenvalue weighted by molar-refractivity contribution is 4.19. The summed E-state index contributed by atoms with van der Waals surface area (Å²) in [6, 6.07) is 0. The molecule has 0 aliphatic rings. The van der Waals surface area contributed by atoms with Crippen LogP contribution >= 0.6 is 0 Å². The Hall–Kier alpha value is -0.120. The summed E-state index contributed by atoms with van der Waals surface area (Å²) in [5.74, 6) is 0. The summed E-state index contributed by atoms with van der Waals surface area (Å²) in [4.78, 5) is 4.88. The molecule has 0 aliphatic carbocycles. The van der Waals surface area contributed by atoms with Crippen LogP contribution in [0, 0.1) is 0 Å². The van der Waals surface area contributed by atoms with Crippen molar-refractivity contribution in [2.45, 2.75) is 20.3 Å². The third-order valence-electron chi connectivity index (χ3n) is 0.676. The molecule has 0 heterocycles. The first-order valence-electron chi connectivity index (χ1n) is 3.69. The topological polar surface area (TPSA) is 38.5 Å². The summed E-state index contributed by atoms with van der Waals surface area (Å²) in [6.45, 7) is 5.59. The maximum absolute atomic E-state index is 5.03. The van der Waals surface area contributed by atoms with Crippen LogP contribution in [-0.2, 0) is 4.84 Å². The van der Waals surface area contributed by atoms with E-state index in [4.69, 9.17) is 10.6 Å². The van der Waals surface area contributed by atoms with E-state index < -0.39 is 0 Å². The zero-order chi connectivity index (χ0) is 8.41. The highest BCUT2D eigenvalue weighted by Crippen LogP contribution is 1.72. The molecule has 0 saturated heterocycles. The van der Waals surface area contributed by atoms with Gasteiger partial charge in [-0.1, -0.05) is 6.92 Å². The minimum absolute atomic E-state index is 0.757. The smallest absolute Gasteiger partial charge is 0.0656 e. The van der Waals surface area contributed by atoms with Crippen LogP contribution in [0.5, 0.6) is 0 Å². The van der Waals surface area contributed by atoms with Gasteiger partial charge in [0.25, 0.3) is 0 Å². The molecule has 0 amide bonds. The predicted molar refractivity (Wildman–Crippen MR) is 44.7 cm³/mol. The van der Waals surface area contributed by atoms with Crippen molar-refractivity contribution in [1.29, 1.82) is 0 Å². The van der Waals surface area contributed by atoms with Crippen molar-refractivity contribution in [3.63, 3.8) is 0 Å². The number of hydrogen-bond donors (Lipinski definition) is 1. The average molecular weight is 148 g/mol. The van der Waals surface area contributed by atoms with Gasteiger partial charge in [-0.3, -0.25) is 4.84 Å². The largest absolute Gasteiger partial charge is 0.330 e. The molecule has 0 aromatic carbocycles. The van der Waals surface area contributed by atoms with Crippen LogP contribution in [0.15, 0.2) is 0 Å². The molecule has 0 aromatic rings. The van der Waals surface area contributed by atoms with Crippen LogP contribution in [0.4, 0.5) is 0 Å². The number of nitrogens with zero attached hydrogens (tertiary/aromatic N) is 1. The highest BCUT2D eigenvalue weighted by Gasteiger charge is 1.77. The van der Waals surface area contributed by atoms with Gasteiger partial charge in [0.2, 0.25) is 0 Å². The van der Waals surface area contributed by atoms with Crippen molar-refractivity contribution in [1.82, 2.24) is 5.06 Å². The second-order valence-electron chi connectivity index (χ2n) is 2.02. The van der Waals surface area contributed by atoms with Crippen molar-refractivity contribution in [3.8, 4) is 0 Å². The monoisotopic (exact) mass is 148 g/mol. The van der Waals surface area contributed by atoms with Gasteiger partial charge < -0.3 is 5.73 Å². The second kappa shape index (κ2) is 11.6. The zero-order valence-electron chi connectivity index (χ0n) is 7.55. The first kappa shape index (κ1) is 12.5. The summed E-state index contributed by atoms with van der Waals surface area (Å²) in [6.07, 6.45) is 1.10. The minimum Gasteiger partial charge on any atom is -0.330 e. The summed E-state index contributed by atoms with van der Waals surface area (Å²) >= 11 is 0. The Morgan fingerprint density at radius 3 is 1.70 bits per heavy atom. The molecule has 0 spiro atoms. The third-order valence-corrected chi connectivity index (χ3v) is 0.676. The van der Waals surface area contributed by atoms with Gasteiger partial charge in [0, 0.05) is 14.1 Å². The summed E-state index contributed by atoms with van der Waals surface area (Å²) in [5.41, 5.74) is 5.03. The van der Waals surface area contributed by atoms with Gasteiger partial charge in [-0.25, -0.2) is 0 Å². The lowest BCUT2D eigenvalue weighted by molar-refractivity contribution is -0.113. The van der Waals surface area contributed by atoms with Crippen LogP contribution in [0.2, 0.25) is 0 Å². The average Bonchev–Trinajstić information content (AvgIpc) is 1.89. The van der Waals surface area contributed by atoms with Crippen molar-refractivity contribution in [2.75, 3.05) is 27.2 Å². The molecule has 10 heavy (non-hydrogen) atoms. The van der Waals surface area contributed by atoms with E-state index in [-0.39, 0.29) is 0 Å². The molecular formula is C7H20N2O. The maximum atomic E-state index is 5.03. The van der Waals surface area contributed by atoms with Crippen LogP contribution < -0.4 is 5.73 Å². The van der Waals surface area contributed by atoms with E-state index in [0.29, 0.717) is 0 Å². The van der Waals surface area contributed by atoms with E-state index in [0.717, 1.165) is 19.6 Å². The number of hydroxylamine groups is 2. The fourth-order valence-electron chi connectivity index (χ4n) is 0.258. The Kier molecular flexibility index (Phi) is 14.6. The van der Waals surface area contributed by atoms with Gasteiger partial charge in [0.05, 0.1) is 6.61 Å². The normalized spacial score (nSPS) is 9.00. The molecule has 3 nitrogen and oxygen atoms in total. The molecule has 0 radical (unpaired) electrons. The molecule has 0 unspecified atom stereocenters. The van der Waals surface area contributed by atoms with Crippen LogP contribution in [0.3, 0.4) is 0 Å². The van der Waals surface area contributed by atoms with E-state index in [2.05, 4.69) is 6.92 Å². The first-order chi connectivity index (χ1) is 4.68. The quantitative estimate of drug-likeness (QED) is 0.603. The number of nitrogens with two attached hydrogens (primary N) is 1. The Bertz CT molecular complexity index is 46.9. The SMILES string of the molecule is CCCN.CCON(C)C. The van der Waals surface area contributed by atoms with Crippen molar-refractivity contribution < 1.29 is 4.84 Å². The van der Waals surface area contributed by atoms with Crippen molar-refractivity contribution in [2.24, 2.45) is 5.73 Å². The molecular weight excluding hydrogens is 128 g/mol. The van der Waals surface area contributed by atoms with Gasteiger partial charge in [0.1, 0.15) is 0 Å². The lowest BCUT2D eigenvalue weighted by Gasteiger charge is -2.05. The van der Waals surface area contributed by atoms with E-state index in [1.54, 1.807) is 5.06 Å². The van der Waals surface area contributed by atoms with E-state index >= 15 is 0 Å². The lowest BCUT2D eigenvalue weighted by Crippen LogP contribution is -2.11. The molecule has 64 valence electrons. The Balaban J connectivity index is 0. The fourth-order valence-corrected chi connectivity index (χ4v) is 0.258. The zero-order valence-corrected chi connectivity index (χ0v) is 7.55. The van der Waals surface area contributed by atoms with Gasteiger partial charge in [-0.05, 0) is 19.9 Å². The predicted octanol–water partition coefficient (Wildman–Crippen LogP) is 0.855. The minimum atomic E-state index is 0.757. The Morgan fingerprint density at radius 1 is 1.30 bits per heavy atom. The van der Waals surface area contributed by atoms with Crippen LogP contribution in [0.25, 0.3) is 0 Å². The molecule has 0 aromatic heterocycles. The Morgan fingerprint density at radius 2 is 1.70 bits per heavy atom. The molecule has 2 N–H and O–H groups in total. The lowest BCUT2D eigenvalue weighted by atomic mass is 10.5. The van der Waals surface area contributed by atoms with Crippen LogP contribution in [-0.4, -0.2) is 32.3 Å². The second-order valence-corrected chi connectivity index (χ2v) is 2.02. The molecule has 0 aliphatic heterocycles. The summed E-state index contributed by atoms with van der Waals surface area (Å²) in [7, 11) is 3.73. The Labute approximate surface area is 64.1 Å². The fraction of sp³-hybridized carbons (Fsp3) is 1.00. The van der Waals surface area contributed by atoms with Crippen LogP contribution in [0.1, 0.15) is 20.3 Å². The van der Waals surface area contributed by atoms with Gasteiger partial charge in [-0.15, -0.1) is 0 Å². The standard InChI is InChI=1S/C4H11NO.C3H9N/c1-4-6-5(2)3;1-2-3-4/h4H2,1-3H3;2-4H2,1H3. The van der Waals surface area contributed by atoms with E-state index in [1.807, 2.05) is 21.0 Å². The van der Waals surface area contributed by atoms with Crippen molar-refractivity contribution >= 4 is 0 Å². The molecule has 3 heteroatoms. The van der Waals surface area contributed by atoms with Gasteiger partial charge in [-0.2, -0.15) is 5.06 Å². The summed E-state index contributed by atoms with van der Waals surface area (Å²) in [5, 5.41) is 1.68. The van der Waals surface area contributed by atoms with Gasteiger partial charge in [0.15, 0.2) is 0 Å². The molecule has 0 fully saturated rings. The molecule has 0 rings (SSSR count). The van der Waals surface area contributed by atoms with E-state index in [9.17, 15) is 0 Å². The van der Waals surface area contributed by atoms with Gasteiger partial charge >= 0.3 is 0 Å². The maximum Gasteiger partial charge on any atom is 0.0656 e. The van der Waals surface area contributed by atoms with E-state index in [1.165, 1.54) is 0 Å².